The molecule has 0 aliphatic carbocycles. The number of ether oxygens (including phenoxy) is 2. The molecule has 0 aliphatic heterocycles. The van der Waals surface area contributed by atoms with E-state index in [-0.39, 0.29) is 0 Å². The molecule has 2 nitrogen and oxygen atoms in total. The van der Waals surface area contributed by atoms with Crippen molar-refractivity contribution in [1.82, 2.24) is 0 Å². The number of unbranched alkanes of at least 4 members (excludes halogenated alkanes) is 3. The van der Waals surface area contributed by atoms with Crippen molar-refractivity contribution < 1.29 is 9.47 Å². The van der Waals surface area contributed by atoms with Crippen molar-refractivity contribution in [2.45, 2.75) is 77.0 Å². The van der Waals surface area contributed by atoms with Gasteiger partial charge in [0.1, 0.15) is 0 Å². The predicted molar refractivity (Wildman–Crippen MR) is 108 cm³/mol. The molecule has 0 aliphatic rings. The van der Waals surface area contributed by atoms with Crippen molar-refractivity contribution in [1.29, 1.82) is 0 Å². The van der Waals surface area contributed by atoms with Gasteiger partial charge in [-0.15, -0.1) is 0 Å². The average molecular weight is 441 g/mol. The molecule has 0 N–H and O–H groups in total. The molecule has 0 heterocycles. The van der Waals surface area contributed by atoms with E-state index in [9.17, 15) is 0 Å². The molecule has 0 radical (unpaired) electrons. The Hall–Kier alpha value is -0.221. The molecule has 0 saturated carbocycles. The van der Waals surface area contributed by atoms with Crippen LogP contribution in [0.1, 0.15) is 64.9 Å². The Bertz CT molecular complexity index is 412. The zero-order valence-corrected chi connectivity index (χ0v) is 19.3. The summed E-state index contributed by atoms with van der Waals surface area (Å²) in [6, 6.07) is 8.77. The zero-order chi connectivity index (χ0) is 17.7. The number of hydrogen-bond donors (Lipinski definition) is 0. The van der Waals surface area contributed by atoms with Crippen molar-refractivity contribution in [2.24, 2.45) is 0 Å². The molecule has 0 unspecified atom stereocenters. The molecular weight excluding hydrogens is 403 g/mol. The fourth-order valence-corrected chi connectivity index (χ4v) is 19.8. The molecule has 0 aromatic heterocycles. The van der Waals surface area contributed by atoms with Crippen molar-refractivity contribution >= 4 is 18.4 Å². The Balaban J connectivity index is 2.90. The van der Waals surface area contributed by atoms with Gasteiger partial charge in [-0.05, 0) is 0 Å². The summed E-state index contributed by atoms with van der Waals surface area (Å²) in [5.74, 6) is 0.955. The molecule has 24 heavy (non-hydrogen) atoms. The van der Waals surface area contributed by atoms with Crippen molar-refractivity contribution in [2.75, 3.05) is 13.9 Å². The van der Waals surface area contributed by atoms with Crippen LogP contribution in [-0.4, -0.2) is 32.3 Å². The molecule has 0 fully saturated rings. The standard InChI is InChI=1S/C9H11O2.3C4H9.Sn/c1-8-4-3-5-9(6-8)11-7-10-2;3*1-3-4-2;/h3-6H,1,7H2,2H3;3*1,3-4H2,2H3;. The molecule has 0 amide bonds. The maximum absolute atomic E-state index is 5.65. The van der Waals surface area contributed by atoms with E-state index in [2.05, 4.69) is 39.0 Å². The molecule has 0 atom stereocenters. The third-order valence-corrected chi connectivity index (χ3v) is 20.4. The van der Waals surface area contributed by atoms with E-state index in [0.29, 0.717) is 6.79 Å². The Morgan fingerprint density at radius 3 is 1.96 bits per heavy atom. The first-order valence-corrected chi connectivity index (χ1v) is 18.0. The van der Waals surface area contributed by atoms with Crippen LogP contribution in [0.5, 0.6) is 5.75 Å². The Morgan fingerprint density at radius 2 is 1.46 bits per heavy atom. The first kappa shape index (κ1) is 21.8. The predicted octanol–water partition coefficient (Wildman–Crippen LogP) is 6.60. The summed E-state index contributed by atoms with van der Waals surface area (Å²) >= 11 is -2.11. The third-order valence-electron chi connectivity index (χ3n) is 5.00. The molecule has 1 rings (SSSR count). The monoisotopic (exact) mass is 442 g/mol. The fourth-order valence-electron chi connectivity index (χ4n) is 3.60. The number of rotatable bonds is 14. The average Bonchev–Trinajstić information content (AvgIpc) is 2.61. The van der Waals surface area contributed by atoms with Crippen LogP contribution in [0.2, 0.25) is 13.3 Å². The summed E-state index contributed by atoms with van der Waals surface area (Å²) in [6.07, 6.45) is 8.33. The Morgan fingerprint density at radius 1 is 0.875 bits per heavy atom. The summed E-state index contributed by atoms with van der Waals surface area (Å²) in [7, 11) is 1.67. The number of methoxy groups -OCH3 is 1. The molecule has 3 heteroatoms. The van der Waals surface area contributed by atoms with E-state index in [1.54, 1.807) is 20.4 Å². The molecule has 0 saturated heterocycles. The summed E-state index contributed by atoms with van der Waals surface area (Å²) in [5, 5.41) is 0. The van der Waals surface area contributed by atoms with Crippen LogP contribution < -0.4 is 4.74 Å². The van der Waals surface area contributed by atoms with Crippen LogP contribution >= 0.6 is 0 Å². The zero-order valence-electron chi connectivity index (χ0n) is 16.4. The molecular formula is C21H38O2Sn. The second kappa shape index (κ2) is 13.0. The second-order valence-electron chi connectivity index (χ2n) is 7.19. The van der Waals surface area contributed by atoms with Gasteiger partial charge >= 0.3 is 154 Å². The van der Waals surface area contributed by atoms with Gasteiger partial charge in [0, 0.05) is 0 Å². The van der Waals surface area contributed by atoms with E-state index in [1.165, 1.54) is 48.5 Å². The van der Waals surface area contributed by atoms with Crippen LogP contribution in [0, 0.1) is 0 Å². The van der Waals surface area contributed by atoms with Crippen molar-refractivity contribution in [3.8, 4) is 5.75 Å². The molecule has 138 valence electrons. The Labute approximate surface area is 154 Å². The molecule has 1 aromatic rings. The molecule has 0 spiro atoms. The van der Waals surface area contributed by atoms with E-state index >= 15 is 0 Å². The Kier molecular flexibility index (Phi) is 11.9. The number of benzene rings is 1. The SMILES string of the molecule is CCC[CH2][Sn]([CH2]CCC)([CH2]CCC)[CH2]c1cccc(OCOC)c1. The summed E-state index contributed by atoms with van der Waals surface area (Å²) in [4.78, 5) is 0. The summed E-state index contributed by atoms with van der Waals surface area (Å²) in [5.41, 5.74) is 1.50. The molecule has 1 aromatic carbocycles. The van der Waals surface area contributed by atoms with Gasteiger partial charge in [0.2, 0.25) is 0 Å². The van der Waals surface area contributed by atoms with Gasteiger partial charge in [-0.3, -0.25) is 0 Å². The minimum atomic E-state index is -2.11. The molecule has 0 bridgehead atoms. The van der Waals surface area contributed by atoms with Crippen LogP contribution in [-0.2, 0) is 9.17 Å². The van der Waals surface area contributed by atoms with Crippen LogP contribution in [0.25, 0.3) is 0 Å². The van der Waals surface area contributed by atoms with E-state index < -0.39 is 18.4 Å². The third kappa shape index (κ3) is 8.24. The topological polar surface area (TPSA) is 18.5 Å². The summed E-state index contributed by atoms with van der Waals surface area (Å²) < 4.78 is 16.8. The fraction of sp³-hybridized carbons (Fsp3) is 0.714. The van der Waals surface area contributed by atoms with Gasteiger partial charge in [-0.1, -0.05) is 0 Å². The summed E-state index contributed by atoms with van der Waals surface area (Å²) in [6.45, 7) is 7.36. The van der Waals surface area contributed by atoms with E-state index in [0.717, 1.165) is 5.75 Å². The minimum absolute atomic E-state index is 0.333. The van der Waals surface area contributed by atoms with Gasteiger partial charge in [0.15, 0.2) is 0 Å². The van der Waals surface area contributed by atoms with Gasteiger partial charge in [-0.25, -0.2) is 0 Å². The van der Waals surface area contributed by atoms with E-state index in [1.807, 2.05) is 6.07 Å². The second-order valence-corrected chi connectivity index (χ2v) is 21.0. The first-order valence-electron chi connectivity index (χ1n) is 9.90. The maximum atomic E-state index is 5.65. The van der Waals surface area contributed by atoms with Crippen LogP contribution in [0.3, 0.4) is 0 Å². The van der Waals surface area contributed by atoms with Crippen LogP contribution in [0.15, 0.2) is 24.3 Å². The number of hydrogen-bond acceptors (Lipinski definition) is 2. The normalized spacial score (nSPS) is 11.7. The van der Waals surface area contributed by atoms with Gasteiger partial charge in [0.05, 0.1) is 0 Å². The van der Waals surface area contributed by atoms with Crippen molar-refractivity contribution in [3.63, 3.8) is 0 Å². The van der Waals surface area contributed by atoms with Gasteiger partial charge in [0.25, 0.3) is 0 Å². The van der Waals surface area contributed by atoms with E-state index in [4.69, 9.17) is 9.47 Å². The van der Waals surface area contributed by atoms with Crippen molar-refractivity contribution in [3.05, 3.63) is 29.8 Å². The van der Waals surface area contributed by atoms with Gasteiger partial charge in [-0.2, -0.15) is 0 Å². The quantitative estimate of drug-likeness (QED) is 0.239. The van der Waals surface area contributed by atoms with Gasteiger partial charge < -0.3 is 0 Å². The van der Waals surface area contributed by atoms with Crippen LogP contribution in [0.4, 0.5) is 0 Å². The first-order chi connectivity index (χ1) is 11.7.